The van der Waals surface area contributed by atoms with Gasteiger partial charge in [-0.15, -0.1) is 0 Å². The molecule has 0 aromatic heterocycles. The van der Waals surface area contributed by atoms with Crippen LogP contribution in [0.5, 0.6) is 0 Å². The molecule has 1 amide bonds. The largest absolute Gasteiger partial charge is 0.445 e. The highest BCUT2D eigenvalue weighted by atomic mass is 16.5. The minimum atomic E-state index is -0.530. The molecule has 18 heavy (non-hydrogen) atoms. The van der Waals surface area contributed by atoms with Crippen molar-refractivity contribution in [2.45, 2.75) is 26.5 Å². The first-order valence-corrected chi connectivity index (χ1v) is 5.78. The van der Waals surface area contributed by atoms with E-state index >= 15 is 0 Å². The van der Waals surface area contributed by atoms with Gasteiger partial charge >= 0.3 is 6.09 Å². The maximum Gasteiger partial charge on any atom is 0.407 e. The number of oxime groups is 1. The van der Waals surface area contributed by atoms with E-state index in [-0.39, 0.29) is 18.6 Å². The lowest BCUT2D eigenvalue weighted by molar-refractivity contribution is 0.136. The zero-order valence-corrected chi connectivity index (χ0v) is 10.5. The summed E-state index contributed by atoms with van der Waals surface area (Å²) >= 11 is 0. The van der Waals surface area contributed by atoms with E-state index < -0.39 is 6.09 Å². The molecule has 1 aromatic carbocycles. The second-order valence-electron chi connectivity index (χ2n) is 4.24. The maximum atomic E-state index is 11.5. The second-order valence-corrected chi connectivity index (χ2v) is 4.24. The number of benzene rings is 1. The van der Waals surface area contributed by atoms with Gasteiger partial charge in [-0.3, -0.25) is 0 Å². The number of alkyl carbamates (subject to hydrolysis) is 1. The molecule has 0 heterocycles. The average molecular weight is 250 g/mol. The smallest absolute Gasteiger partial charge is 0.407 e. The summed E-state index contributed by atoms with van der Waals surface area (Å²) in [4.78, 5) is 11.5. The van der Waals surface area contributed by atoms with E-state index in [9.17, 15) is 4.79 Å². The van der Waals surface area contributed by atoms with Crippen LogP contribution in [0.3, 0.4) is 0 Å². The van der Waals surface area contributed by atoms with Crippen LogP contribution in [0.4, 0.5) is 4.79 Å². The number of nitrogens with one attached hydrogen (secondary N) is 1. The van der Waals surface area contributed by atoms with Gasteiger partial charge in [0.2, 0.25) is 0 Å². The molecule has 1 aromatic rings. The lowest BCUT2D eigenvalue weighted by atomic mass is 10.1. The molecule has 0 fully saturated rings. The molecule has 1 atom stereocenters. The lowest BCUT2D eigenvalue weighted by Gasteiger charge is -2.17. The van der Waals surface area contributed by atoms with E-state index in [0.29, 0.717) is 0 Å². The monoisotopic (exact) mass is 250 g/mol. The molecule has 0 aliphatic rings. The fourth-order valence-corrected chi connectivity index (χ4v) is 1.35. The summed E-state index contributed by atoms with van der Waals surface area (Å²) in [5.74, 6) is 0.116. The highest BCUT2D eigenvalue weighted by molar-refractivity contribution is 5.75. The van der Waals surface area contributed by atoms with E-state index in [4.69, 9.17) is 9.94 Å². The third-order valence-electron chi connectivity index (χ3n) is 2.44. The first-order valence-electron chi connectivity index (χ1n) is 5.78. The third-order valence-corrected chi connectivity index (χ3v) is 2.44. The van der Waals surface area contributed by atoms with Crippen molar-refractivity contribution in [3.05, 3.63) is 35.9 Å². The normalized spacial score (nSPS) is 12.6. The molecule has 5 heteroatoms. The fourth-order valence-electron chi connectivity index (χ4n) is 1.35. The van der Waals surface area contributed by atoms with Gasteiger partial charge < -0.3 is 15.3 Å². The summed E-state index contributed by atoms with van der Waals surface area (Å²) in [5.41, 5.74) is 0.921. The van der Waals surface area contributed by atoms with Gasteiger partial charge in [-0.25, -0.2) is 4.79 Å². The van der Waals surface area contributed by atoms with Gasteiger partial charge in [-0.2, -0.15) is 0 Å². The molecule has 2 N–H and O–H groups in total. The number of carbonyl (C=O) groups is 1. The Morgan fingerprint density at radius 1 is 1.44 bits per heavy atom. The molecular weight excluding hydrogens is 232 g/mol. The topological polar surface area (TPSA) is 70.9 Å². The number of carbonyl (C=O) groups excluding carboxylic acids is 1. The van der Waals surface area contributed by atoms with Crippen LogP contribution in [0.2, 0.25) is 0 Å². The number of amides is 1. The Kier molecular flexibility index (Phi) is 5.70. The van der Waals surface area contributed by atoms with Crippen LogP contribution in [0.1, 0.15) is 19.4 Å². The number of hydrogen-bond donors (Lipinski definition) is 2. The average Bonchev–Trinajstić information content (AvgIpc) is 2.37. The SMILES string of the molecule is CC(C)[C@@H](/C=N/O)NC(=O)OCc1ccccc1. The van der Waals surface area contributed by atoms with Gasteiger partial charge in [0.15, 0.2) is 0 Å². The van der Waals surface area contributed by atoms with Gasteiger partial charge in [0.25, 0.3) is 0 Å². The van der Waals surface area contributed by atoms with E-state index in [1.165, 1.54) is 6.21 Å². The Bertz CT molecular complexity index is 390. The zero-order valence-electron chi connectivity index (χ0n) is 10.5. The van der Waals surface area contributed by atoms with Gasteiger partial charge in [-0.1, -0.05) is 49.3 Å². The minimum Gasteiger partial charge on any atom is -0.445 e. The summed E-state index contributed by atoms with van der Waals surface area (Å²) in [6, 6.07) is 9.07. The lowest BCUT2D eigenvalue weighted by Crippen LogP contribution is -2.40. The molecular formula is C13H18N2O3. The van der Waals surface area contributed by atoms with Crippen molar-refractivity contribution in [2.75, 3.05) is 0 Å². The van der Waals surface area contributed by atoms with Crippen molar-refractivity contribution in [3.63, 3.8) is 0 Å². The first-order chi connectivity index (χ1) is 8.63. The van der Waals surface area contributed by atoms with Crippen LogP contribution in [-0.4, -0.2) is 23.6 Å². The zero-order chi connectivity index (χ0) is 13.4. The molecule has 5 nitrogen and oxygen atoms in total. The molecule has 0 aliphatic carbocycles. The Labute approximate surface area is 106 Å². The van der Waals surface area contributed by atoms with Crippen molar-refractivity contribution in [2.24, 2.45) is 11.1 Å². The minimum absolute atomic E-state index is 0.116. The van der Waals surface area contributed by atoms with Gasteiger partial charge in [-0.05, 0) is 11.5 Å². The van der Waals surface area contributed by atoms with Crippen molar-refractivity contribution in [3.8, 4) is 0 Å². The highest BCUT2D eigenvalue weighted by Crippen LogP contribution is 2.03. The quantitative estimate of drug-likeness (QED) is 0.479. The molecule has 0 saturated heterocycles. The van der Waals surface area contributed by atoms with E-state index in [0.717, 1.165) is 5.56 Å². The fraction of sp³-hybridized carbons (Fsp3) is 0.385. The molecule has 0 spiro atoms. The number of rotatable bonds is 5. The van der Waals surface area contributed by atoms with E-state index in [1.807, 2.05) is 44.2 Å². The summed E-state index contributed by atoms with van der Waals surface area (Å²) < 4.78 is 5.06. The van der Waals surface area contributed by atoms with Gasteiger partial charge in [0.1, 0.15) is 6.61 Å². The van der Waals surface area contributed by atoms with Crippen LogP contribution in [0.15, 0.2) is 35.5 Å². The van der Waals surface area contributed by atoms with E-state index in [2.05, 4.69) is 10.5 Å². The standard InChI is InChI=1S/C13H18N2O3/c1-10(2)12(8-14-17)15-13(16)18-9-11-6-4-3-5-7-11/h3-8,10,12,17H,9H2,1-2H3,(H,15,16)/b14-8+/t12-/m1/s1. The molecule has 1 rings (SSSR count). The van der Waals surface area contributed by atoms with Gasteiger partial charge in [0, 0.05) is 0 Å². The summed E-state index contributed by atoms with van der Waals surface area (Å²) in [6.07, 6.45) is 0.742. The molecule has 0 saturated carbocycles. The second kappa shape index (κ2) is 7.32. The van der Waals surface area contributed by atoms with Crippen LogP contribution in [-0.2, 0) is 11.3 Å². The van der Waals surface area contributed by atoms with Crippen LogP contribution < -0.4 is 5.32 Å². The first kappa shape index (κ1) is 14.0. The van der Waals surface area contributed by atoms with Crippen molar-refractivity contribution < 1.29 is 14.7 Å². The molecule has 0 bridgehead atoms. The van der Waals surface area contributed by atoms with Crippen LogP contribution in [0.25, 0.3) is 0 Å². The predicted molar refractivity (Wildman–Crippen MR) is 68.7 cm³/mol. The van der Waals surface area contributed by atoms with E-state index in [1.54, 1.807) is 0 Å². The molecule has 0 unspecified atom stereocenters. The highest BCUT2D eigenvalue weighted by Gasteiger charge is 2.14. The van der Waals surface area contributed by atoms with Crippen molar-refractivity contribution in [1.82, 2.24) is 5.32 Å². The Morgan fingerprint density at radius 2 is 2.11 bits per heavy atom. The molecule has 0 aliphatic heterocycles. The van der Waals surface area contributed by atoms with Crippen molar-refractivity contribution in [1.29, 1.82) is 0 Å². The summed E-state index contributed by atoms with van der Waals surface area (Å²) in [6.45, 7) is 4.03. The number of hydrogen-bond acceptors (Lipinski definition) is 4. The number of ether oxygens (including phenoxy) is 1. The Hall–Kier alpha value is -2.04. The summed E-state index contributed by atoms with van der Waals surface area (Å²) in [5, 5.41) is 14.0. The maximum absolute atomic E-state index is 11.5. The van der Waals surface area contributed by atoms with Gasteiger partial charge in [0.05, 0.1) is 12.3 Å². The molecule has 98 valence electrons. The number of nitrogens with zero attached hydrogens (tertiary/aromatic N) is 1. The molecule has 0 radical (unpaired) electrons. The predicted octanol–water partition coefficient (Wildman–Crippen LogP) is 2.40. The third kappa shape index (κ3) is 4.86. The summed E-state index contributed by atoms with van der Waals surface area (Å²) in [7, 11) is 0. The Morgan fingerprint density at radius 3 is 2.67 bits per heavy atom. The van der Waals surface area contributed by atoms with Crippen LogP contribution in [0, 0.1) is 5.92 Å². The Balaban J connectivity index is 2.41. The van der Waals surface area contributed by atoms with Crippen LogP contribution >= 0.6 is 0 Å². The van der Waals surface area contributed by atoms with Crippen molar-refractivity contribution >= 4 is 12.3 Å².